The van der Waals surface area contributed by atoms with Gasteiger partial charge in [-0.2, -0.15) is 14.3 Å². The molecule has 0 aromatic carbocycles. The van der Waals surface area contributed by atoms with Crippen LogP contribution in [0.5, 0.6) is 0 Å². The van der Waals surface area contributed by atoms with Crippen molar-refractivity contribution in [3.8, 4) is 0 Å². The first-order chi connectivity index (χ1) is 12.3. The lowest BCUT2D eigenvalue weighted by Crippen LogP contribution is -2.23. The molecule has 4 N–H and O–H groups in total. The molecule has 0 aromatic heterocycles. The molecule has 0 bridgehead atoms. The molecule has 26 heavy (non-hydrogen) atoms. The van der Waals surface area contributed by atoms with Crippen LogP contribution in [0.3, 0.4) is 0 Å². The van der Waals surface area contributed by atoms with Gasteiger partial charge in [0.25, 0.3) is 0 Å². The second kappa shape index (κ2) is 16.7. The fourth-order valence-corrected chi connectivity index (χ4v) is 2.05. The number of hydrogen-bond donors (Lipinski definition) is 4. The predicted molar refractivity (Wildman–Crippen MR) is 95.8 cm³/mol. The third kappa shape index (κ3) is 21.6. The molecule has 0 aliphatic carbocycles. The highest BCUT2D eigenvalue weighted by atomic mass is 31.2. The fourth-order valence-electron chi connectivity index (χ4n) is 1.59. The van der Waals surface area contributed by atoms with E-state index in [9.17, 15) is 9.90 Å². The summed E-state index contributed by atoms with van der Waals surface area (Å²) in [7, 11) is -3.32. The molecule has 0 saturated carbocycles. The number of amides is 1. The number of rotatable bonds is 18. The minimum absolute atomic E-state index is 0.0269. The third-order valence-corrected chi connectivity index (χ3v) is 3.42. The molecule has 1 atom stereocenters. The lowest BCUT2D eigenvalue weighted by molar-refractivity contribution is -0.119. The van der Waals surface area contributed by atoms with E-state index in [0.29, 0.717) is 52.8 Å². The number of carbonyl (C=O) groups is 1. The van der Waals surface area contributed by atoms with Crippen molar-refractivity contribution in [2.24, 2.45) is 0 Å². The lowest BCUT2D eigenvalue weighted by Gasteiger charge is -2.12. The summed E-state index contributed by atoms with van der Waals surface area (Å²) in [6, 6.07) is 0. The van der Waals surface area contributed by atoms with Gasteiger partial charge in [0.15, 0.2) is 0 Å². The molecule has 0 saturated heterocycles. The largest absolute Gasteiger partial charge is 0.403 e. The average Bonchev–Trinajstić information content (AvgIpc) is 2.55. The minimum atomic E-state index is -3.32. The molecule has 156 valence electrons. The predicted octanol–water partition coefficient (Wildman–Crippen LogP) is -0.666. The van der Waals surface area contributed by atoms with Gasteiger partial charge in [-0.25, -0.2) is 0 Å². The quantitative estimate of drug-likeness (QED) is 0.174. The van der Waals surface area contributed by atoms with Gasteiger partial charge < -0.3 is 29.4 Å². The molecule has 10 nitrogen and oxygen atoms in total. The SMILES string of the molecule is CC(=O)NCCCOCCOCCOCCOCC(O)CO[P+](C)(O)O. The summed E-state index contributed by atoms with van der Waals surface area (Å²) in [5, 5.41) is 12.2. The van der Waals surface area contributed by atoms with Crippen molar-refractivity contribution in [3.05, 3.63) is 0 Å². The molecular weight excluding hydrogens is 369 g/mol. The Kier molecular flexibility index (Phi) is 16.5. The Morgan fingerprint density at radius 1 is 0.923 bits per heavy atom. The molecule has 0 fully saturated rings. The summed E-state index contributed by atoms with van der Waals surface area (Å²) < 4.78 is 25.8. The van der Waals surface area contributed by atoms with E-state index in [1.807, 2.05) is 0 Å². The first kappa shape index (κ1) is 25.6. The Bertz CT molecular complexity index is 342. The van der Waals surface area contributed by atoms with Gasteiger partial charge in [-0.1, -0.05) is 0 Å². The van der Waals surface area contributed by atoms with Gasteiger partial charge in [0, 0.05) is 20.1 Å². The van der Waals surface area contributed by atoms with Gasteiger partial charge in [0.05, 0.1) is 46.2 Å². The molecule has 1 unspecified atom stereocenters. The van der Waals surface area contributed by atoms with E-state index >= 15 is 0 Å². The van der Waals surface area contributed by atoms with Crippen LogP contribution in [-0.2, 0) is 28.3 Å². The number of aliphatic hydroxyl groups is 1. The van der Waals surface area contributed by atoms with Crippen LogP contribution in [0.25, 0.3) is 0 Å². The van der Waals surface area contributed by atoms with Crippen LogP contribution in [-0.4, -0.2) is 99.6 Å². The normalized spacial score (nSPS) is 13.0. The molecule has 0 rings (SSSR count). The zero-order chi connectivity index (χ0) is 19.7. The van der Waals surface area contributed by atoms with Crippen LogP contribution in [0.2, 0.25) is 0 Å². The van der Waals surface area contributed by atoms with E-state index < -0.39 is 14.0 Å². The monoisotopic (exact) mass is 402 g/mol. The van der Waals surface area contributed by atoms with Crippen molar-refractivity contribution in [2.45, 2.75) is 19.4 Å². The van der Waals surface area contributed by atoms with Crippen molar-refractivity contribution in [1.82, 2.24) is 5.32 Å². The first-order valence-electron chi connectivity index (χ1n) is 8.51. The van der Waals surface area contributed by atoms with Gasteiger partial charge in [-0.15, -0.1) is 0 Å². The Balaban J connectivity index is 3.16. The smallest absolute Gasteiger partial charge is 0.388 e. The maximum atomic E-state index is 10.6. The Morgan fingerprint density at radius 2 is 1.42 bits per heavy atom. The summed E-state index contributed by atoms with van der Waals surface area (Å²) in [6.45, 7) is 6.17. The molecule has 0 aliphatic rings. The zero-order valence-electron chi connectivity index (χ0n) is 15.6. The summed E-state index contributed by atoms with van der Waals surface area (Å²) >= 11 is 0. The molecule has 0 heterocycles. The average molecular weight is 402 g/mol. The molecular formula is C15H33NO9P+. The molecule has 0 aromatic rings. The molecule has 0 aliphatic heterocycles. The Labute approximate surface area is 155 Å². The van der Waals surface area contributed by atoms with Crippen LogP contribution in [0, 0.1) is 0 Å². The van der Waals surface area contributed by atoms with Crippen LogP contribution in [0.1, 0.15) is 13.3 Å². The number of ether oxygens (including phenoxy) is 4. The van der Waals surface area contributed by atoms with E-state index in [2.05, 4.69) is 9.84 Å². The summed E-state index contributed by atoms with van der Waals surface area (Å²) in [5.74, 6) is -0.0407. The van der Waals surface area contributed by atoms with Gasteiger partial charge in [-0.05, 0) is 6.42 Å². The van der Waals surface area contributed by atoms with Crippen LogP contribution in [0.4, 0.5) is 0 Å². The van der Waals surface area contributed by atoms with Crippen molar-refractivity contribution in [3.63, 3.8) is 0 Å². The van der Waals surface area contributed by atoms with Crippen molar-refractivity contribution in [1.29, 1.82) is 0 Å². The maximum Gasteiger partial charge on any atom is 0.403 e. The maximum absolute atomic E-state index is 10.6. The van der Waals surface area contributed by atoms with E-state index in [1.165, 1.54) is 6.92 Å². The highest BCUT2D eigenvalue weighted by molar-refractivity contribution is 7.58. The second-order valence-electron chi connectivity index (χ2n) is 5.53. The van der Waals surface area contributed by atoms with Crippen molar-refractivity contribution >= 4 is 13.9 Å². The Morgan fingerprint density at radius 3 is 1.92 bits per heavy atom. The minimum Gasteiger partial charge on any atom is -0.388 e. The standard InChI is InChI=1S/C15H32NO9P/c1-14(17)16-4-3-5-21-6-7-22-8-9-23-10-11-24-12-15(18)13-25-26(2,19)20/h15,18-20H,3-13H2,1-2H3/p+1. The number of nitrogens with one attached hydrogen (secondary N) is 1. The molecule has 0 spiro atoms. The van der Waals surface area contributed by atoms with Crippen molar-refractivity contribution < 1.29 is 43.2 Å². The topological polar surface area (TPSA) is 136 Å². The summed E-state index contributed by atoms with van der Waals surface area (Å²) in [6.07, 6.45) is -0.153. The molecule has 11 heteroatoms. The van der Waals surface area contributed by atoms with Gasteiger partial charge in [-0.3, -0.25) is 4.79 Å². The van der Waals surface area contributed by atoms with Gasteiger partial charge in [0.2, 0.25) is 5.91 Å². The fraction of sp³-hybridized carbons (Fsp3) is 0.933. The second-order valence-corrected chi connectivity index (χ2v) is 7.46. The molecule has 1 amide bonds. The molecule has 0 radical (unpaired) electrons. The number of aliphatic hydroxyl groups excluding tert-OH is 1. The number of hydrogen-bond acceptors (Lipinski definition) is 9. The van der Waals surface area contributed by atoms with E-state index in [1.54, 1.807) is 0 Å². The van der Waals surface area contributed by atoms with Gasteiger partial charge >= 0.3 is 7.94 Å². The van der Waals surface area contributed by atoms with E-state index in [-0.39, 0.29) is 19.1 Å². The van der Waals surface area contributed by atoms with Crippen LogP contribution in [0.15, 0.2) is 0 Å². The third-order valence-electron chi connectivity index (χ3n) is 2.78. The highest BCUT2D eigenvalue weighted by Crippen LogP contribution is 2.46. The van der Waals surface area contributed by atoms with Crippen LogP contribution < -0.4 is 5.32 Å². The van der Waals surface area contributed by atoms with Crippen LogP contribution >= 0.6 is 7.94 Å². The van der Waals surface area contributed by atoms with Crippen molar-refractivity contribution in [2.75, 3.05) is 72.7 Å². The lowest BCUT2D eigenvalue weighted by atomic mass is 10.4. The highest BCUT2D eigenvalue weighted by Gasteiger charge is 2.28. The van der Waals surface area contributed by atoms with Gasteiger partial charge in [0.1, 0.15) is 19.4 Å². The van der Waals surface area contributed by atoms with E-state index in [0.717, 1.165) is 13.1 Å². The zero-order valence-corrected chi connectivity index (χ0v) is 16.5. The Hall–Kier alpha value is -0.420. The number of carbonyl (C=O) groups excluding carboxylic acids is 1. The summed E-state index contributed by atoms with van der Waals surface area (Å²) in [4.78, 5) is 28.7. The summed E-state index contributed by atoms with van der Waals surface area (Å²) in [5.41, 5.74) is 0. The van der Waals surface area contributed by atoms with E-state index in [4.69, 9.17) is 28.7 Å². The first-order valence-corrected chi connectivity index (χ1v) is 10.6.